The van der Waals surface area contributed by atoms with Crippen molar-refractivity contribution in [2.45, 2.75) is 73.6 Å². The van der Waals surface area contributed by atoms with Crippen LogP contribution in [0.4, 0.5) is 0 Å². The second kappa shape index (κ2) is 21.0. The lowest BCUT2D eigenvalue weighted by Gasteiger charge is -2.07. The second-order valence-electron chi connectivity index (χ2n) is 5.76. The summed E-state index contributed by atoms with van der Waals surface area (Å²) in [6.45, 7) is 12.9. The predicted octanol–water partition coefficient (Wildman–Crippen LogP) is 7.76. The molecule has 28 heavy (non-hydrogen) atoms. The Morgan fingerprint density at radius 1 is 0.786 bits per heavy atom. The Kier molecular flexibility index (Phi) is 21.0. The van der Waals surface area contributed by atoms with Crippen molar-refractivity contribution in [3.05, 3.63) is 54.1 Å². The van der Waals surface area contributed by atoms with Crippen LogP contribution in [0.2, 0.25) is 0 Å². The number of aryl methyl sites for hydroxylation is 1. The molecule has 3 heteroatoms. The number of ether oxygens (including phenoxy) is 1. The Morgan fingerprint density at radius 2 is 1.21 bits per heavy atom. The van der Waals surface area contributed by atoms with Gasteiger partial charge in [0.2, 0.25) is 0 Å². The van der Waals surface area contributed by atoms with E-state index in [1.165, 1.54) is 42.4 Å². The van der Waals surface area contributed by atoms with Crippen molar-refractivity contribution in [2.24, 2.45) is 0 Å². The minimum atomic E-state index is -0.250. The quantitative estimate of drug-likeness (QED) is 0.371. The van der Waals surface area contributed by atoms with E-state index in [0.29, 0.717) is 0 Å². The molecule has 3 nitrogen and oxygen atoms in total. The van der Waals surface area contributed by atoms with Crippen molar-refractivity contribution < 1.29 is 14.6 Å². The van der Waals surface area contributed by atoms with Crippen LogP contribution in [0.15, 0.2) is 48.5 Å². The largest absolute Gasteiger partial charge is 0.494 e. The number of hydrogen-bond donors (Lipinski definition) is 1. The van der Waals surface area contributed by atoms with Crippen LogP contribution in [-0.4, -0.2) is 18.2 Å². The molecule has 0 radical (unpaired) electrons. The van der Waals surface area contributed by atoms with E-state index in [1.807, 2.05) is 27.7 Å². The third-order valence-corrected chi connectivity index (χ3v) is 3.76. The minimum Gasteiger partial charge on any atom is -0.494 e. The molecule has 0 aromatic heterocycles. The number of carboxylic acid groups (broad SMARTS) is 1. The molecular weight excluding hydrogens is 348 g/mol. The lowest BCUT2D eigenvalue weighted by atomic mass is 10.0. The smallest absolute Gasteiger partial charge is 0.290 e. The van der Waals surface area contributed by atoms with Gasteiger partial charge in [0.05, 0.1) is 6.61 Å². The maximum Gasteiger partial charge on any atom is 0.290 e. The molecule has 0 unspecified atom stereocenters. The Labute approximate surface area is 172 Å². The average molecular weight is 389 g/mol. The van der Waals surface area contributed by atoms with E-state index in [2.05, 4.69) is 62.4 Å². The van der Waals surface area contributed by atoms with Gasteiger partial charge in [-0.25, -0.2) is 0 Å². The van der Waals surface area contributed by atoms with Crippen LogP contribution in [0.1, 0.15) is 72.3 Å². The van der Waals surface area contributed by atoms with Gasteiger partial charge in [0, 0.05) is 0 Å². The summed E-state index contributed by atoms with van der Waals surface area (Å²) >= 11 is 0. The molecule has 0 amide bonds. The molecular formula is C25H40O3. The molecule has 0 bridgehead atoms. The summed E-state index contributed by atoms with van der Waals surface area (Å²) < 4.78 is 5.80. The Hall–Kier alpha value is -2.29. The first-order valence-electron chi connectivity index (χ1n) is 10.6. The molecule has 2 aromatic rings. The van der Waals surface area contributed by atoms with Crippen LogP contribution in [0, 0.1) is 6.92 Å². The second-order valence-corrected chi connectivity index (χ2v) is 5.76. The van der Waals surface area contributed by atoms with Gasteiger partial charge in [0.15, 0.2) is 0 Å². The number of rotatable bonds is 8. The van der Waals surface area contributed by atoms with Crippen molar-refractivity contribution in [3.8, 4) is 16.9 Å². The molecule has 158 valence electrons. The molecule has 1 N–H and O–H groups in total. The lowest BCUT2D eigenvalue weighted by Crippen LogP contribution is -1.97. The molecule has 0 spiro atoms. The summed E-state index contributed by atoms with van der Waals surface area (Å²) in [5, 5.41) is 6.89. The lowest BCUT2D eigenvalue weighted by molar-refractivity contribution is -0.122. The molecule has 2 aromatic carbocycles. The number of carbonyl (C=O) groups is 1. The first-order chi connectivity index (χ1) is 13.7. The van der Waals surface area contributed by atoms with E-state index in [0.717, 1.165) is 18.8 Å². The summed E-state index contributed by atoms with van der Waals surface area (Å²) in [5.74, 6) is 0.973. The van der Waals surface area contributed by atoms with Gasteiger partial charge in [-0.05, 0) is 36.6 Å². The van der Waals surface area contributed by atoms with Crippen molar-refractivity contribution in [1.82, 2.24) is 0 Å². The van der Waals surface area contributed by atoms with E-state index < -0.39 is 0 Å². The zero-order valence-corrected chi connectivity index (χ0v) is 18.7. The first-order valence-corrected chi connectivity index (χ1v) is 10.6. The van der Waals surface area contributed by atoms with Gasteiger partial charge in [0.1, 0.15) is 5.75 Å². The standard InChI is InChI=1S/C20H26O.2C2H6.CH2O2/c1-3-4-5-6-7-16-21-20-14-12-19(13-15-20)18-10-8-17(2)9-11-18;2*1-2;2-1-3/h8-15H,3-7,16H2,1-2H3;2*1-2H3;1H,(H,2,3). The highest BCUT2D eigenvalue weighted by molar-refractivity contribution is 5.64. The van der Waals surface area contributed by atoms with Gasteiger partial charge in [-0.15, -0.1) is 0 Å². The minimum absolute atomic E-state index is 0.250. The van der Waals surface area contributed by atoms with E-state index in [4.69, 9.17) is 14.6 Å². The Morgan fingerprint density at radius 3 is 1.68 bits per heavy atom. The first kappa shape index (κ1) is 27.9. The zero-order chi connectivity index (χ0) is 21.6. The van der Waals surface area contributed by atoms with Crippen LogP contribution in [0.5, 0.6) is 5.75 Å². The molecule has 0 fully saturated rings. The number of hydrogen-bond acceptors (Lipinski definition) is 2. The van der Waals surface area contributed by atoms with E-state index in [-0.39, 0.29) is 6.47 Å². The van der Waals surface area contributed by atoms with Crippen molar-refractivity contribution in [1.29, 1.82) is 0 Å². The van der Waals surface area contributed by atoms with E-state index in [9.17, 15) is 0 Å². The summed E-state index contributed by atoms with van der Waals surface area (Å²) in [4.78, 5) is 8.36. The molecule has 0 aliphatic rings. The fourth-order valence-corrected chi connectivity index (χ4v) is 2.39. The normalized spacial score (nSPS) is 8.79. The Bertz CT molecular complexity index is 559. The molecule has 2 rings (SSSR count). The summed E-state index contributed by atoms with van der Waals surface area (Å²) in [6.07, 6.45) is 6.38. The average Bonchev–Trinajstić information content (AvgIpc) is 2.75. The zero-order valence-electron chi connectivity index (χ0n) is 18.7. The van der Waals surface area contributed by atoms with Crippen LogP contribution in [0.25, 0.3) is 11.1 Å². The highest BCUT2D eigenvalue weighted by Gasteiger charge is 1.99. The fraction of sp³-hybridized carbons (Fsp3) is 0.480. The van der Waals surface area contributed by atoms with Gasteiger partial charge in [-0.3, -0.25) is 4.79 Å². The number of benzene rings is 2. The molecule has 0 aliphatic carbocycles. The maximum absolute atomic E-state index is 8.36. The van der Waals surface area contributed by atoms with E-state index >= 15 is 0 Å². The van der Waals surface area contributed by atoms with E-state index in [1.54, 1.807) is 0 Å². The van der Waals surface area contributed by atoms with Gasteiger partial charge in [-0.1, -0.05) is 102 Å². The van der Waals surface area contributed by atoms with Crippen LogP contribution < -0.4 is 4.74 Å². The van der Waals surface area contributed by atoms with Crippen LogP contribution in [-0.2, 0) is 4.79 Å². The molecule has 0 aliphatic heterocycles. The SMILES string of the molecule is CC.CC.CCCCCCCOc1ccc(-c2ccc(C)cc2)cc1.O=CO. The molecule has 0 saturated heterocycles. The topological polar surface area (TPSA) is 46.5 Å². The molecule has 0 atom stereocenters. The van der Waals surface area contributed by atoms with Crippen LogP contribution in [0.3, 0.4) is 0 Å². The summed E-state index contributed by atoms with van der Waals surface area (Å²) in [6, 6.07) is 17.0. The van der Waals surface area contributed by atoms with Gasteiger partial charge >= 0.3 is 0 Å². The monoisotopic (exact) mass is 388 g/mol. The highest BCUT2D eigenvalue weighted by atomic mass is 16.5. The van der Waals surface area contributed by atoms with Gasteiger partial charge < -0.3 is 9.84 Å². The van der Waals surface area contributed by atoms with Gasteiger partial charge in [0.25, 0.3) is 6.47 Å². The number of unbranched alkanes of at least 4 members (excludes halogenated alkanes) is 4. The molecule has 0 saturated carbocycles. The fourth-order valence-electron chi connectivity index (χ4n) is 2.39. The molecule has 0 heterocycles. The third-order valence-electron chi connectivity index (χ3n) is 3.76. The van der Waals surface area contributed by atoms with Crippen LogP contribution >= 0.6 is 0 Å². The predicted molar refractivity (Wildman–Crippen MR) is 122 cm³/mol. The van der Waals surface area contributed by atoms with Crippen molar-refractivity contribution in [3.63, 3.8) is 0 Å². The maximum atomic E-state index is 8.36. The van der Waals surface area contributed by atoms with Crippen molar-refractivity contribution in [2.75, 3.05) is 6.61 Å². The highest BCUT2D eigenvalue weighted by Crippen LogP contribution is 2.22. The third kappa shape index (κ3) is 13.9. The summed E-state index contributed by atoms with van der Waals surface area (Å²) in [7, 11) is 0. The Balaban J connectivity index is 0. The van der Waals surface area contributed by atoms with Gasteiger partial charge in [-0.2, -0.15) is 0 Å². The van der Waals surface area contributed by atoms with Crippen molar-refractivity contribution >= 4 is 6.47 Å². The summed E-state index contributed by atoms with van der Waals surface area (Å²) in [5.41, 5.74) is 3.79.